The number of likely N-dealkylation sites (N-methyl/N-ethyl adjacent to an activating group) is 1. The third-order valence-electron chi connectivity index (χ3n) is 5.79. The van der Waals surface area contributed by atoms with Crippen molar-refractivity contribution < 1.29 is 9.59 Å². The number of Topliss-reactive ketones (excluding diaryl/α,β-unsaturated/α-hetero) is 1. The van der Waals surface area contributed by atoms with Crippen molar-refractivity contribution in [2.45, 2.75) is 18.5 Å². The van der Waals surface area contributed by atoms with Gasteiger partial charge in [-0.15, -0.1) is 0 Å². The summed E-state index contributed by atoms with van der Waals surface area (Å²) in [7, 11) is 3.82. The van der Waals surface area contributed by atoms with Crippen LogP contribution in [-0.4, -0.2) is 58.6 Å². The van der Waals surface area contributed by atoms with Crippen LogP contribution in [0.5, 0.6) is 0 Å². The molecule has 2 heterocycles. The van der Waals surface area contributed by atoms with Gasteiger partial charge in [0.2, 0.25) is 5.91 Å². The lowest BCUT2D eigenvalue weighted by molar-refractivity contribution is -0.137. The molecule has 2 aromatic carbocycles. The Kier molecular flexibility index (Phi) is 5.71. The number of hydrogen-bond acceptors (Lipinski definition) is 5. The van der Waals surface area contributed by atoms with E-state index in [2.05, 4.69) is 11.6 Å². The van der Waals surface area contributed by atoms with Gasteiger partial charge in [0.15, 0.2) is 5.78 Å². The number of ketones is 1. The monoisotopic (exact) mass is 417 g/mol. The molecule has 1 aliphatic rings. The minimum absolute atomic E-state index is 0.0132. The van der Waals surface area contributed by atoms with Crippen LogP contribution in [0.25, 0.3) is 11.0 Å². The predicted molar refractivity (Wildman–Crippen MR) is 121 cm³/mol. The van der Waals surface area contributed by atoms with E-state index in [0.29, 0.717) is 17.9 Å². The van der Waals surface area contributed by atoms with Crippen LogP contribution in [-0.2, 0) is 4.79 Å². The second-order valence-corrected chi connectivity index (χ2v) is 8.10. The zero-order valence-corrected chi connectivity index (χ0v) is 17.8. The number of amides is 1. The summed E-state index contributed by atoms with van der Waals surface area (Å²) in [6.07, 6.45) is 0.722. The van der Waals surface area contributed by atoms with Crippen LogP contribution in [0.15, 0.2) is 60.7 Å². The molecule has 3 aromatic rings. The van der Waals surface area contributed by atoms with Crippen LogP contribution in [0, 0.1) is 0 Å². The Balaban J connectivity index is 1.69. The van der Waals surface area contributed by atoms with Gasteiger partial charge < -0.3 is 15.6 Å². The minimum atomic E-state index is -0.396. The Bertz CT molecular complexity index is 1140. The fourth-order valence-corrected chi connectivity index (χ4v) is 4.23. The summed E-state index contributed by atoms with van der Waals surface area (Å²) < 4.78 is 0. The summed E-state index contributed by atoms with van der Waals surface area (Å²) in [5.74, 6) is 0.546. The molecule has 4 rings (SSSR count). The van der Waals surface area contributed by atoms with E-state index >= 15 is 0 Å². The molecule has 1 fully saturated rings. The topological polar surface area (TPSA) is 95.3 Å². The van der Waals surface area contributed by atoms with Crippen LogP contribution in [0.4, 0.5) is 0 Å². The summed E-state index contributed by atoms with van der Waals surface area (Å²) in [6.45, 7) is 4.76. The molecule has 1 amide bonds. The molecule has 1 aromatic heterocycles. The SMILES string of the molecule is C=C1CCN(C(=O)C(c2ccccc2)N(C)C)C1c1nc2ccc(C(=O)CN)cc2[nH]1. The molecule has 31 heavy (non-hydrogen) atoms. The lowest BCUT2D eigenvalue weighted by atomic mass is 10.0. The number of hydrogen-bond donors (Lipinski definition) is 2. The van der Waals surface area contributed by atoms with Gasteiger partial charge in [-0.1, -0.05) is 36.9 Å². The Morgan fingerprint density at radius 3 is 2.68 bits per heavy atom. The molecular weight excluding hydrogens is 390 g/mol. The zero-order valence-electron chi connectivity index (χ0n) is 17.8. The molecule has 7 nitrogen and oxygen atoms in total. The van der Waals surface area contributed by atoms with Crippen molar-refractivity contribution in [1.29, 1.82) is 0 Å². The molecule has 3 N–H and O–H groups in total. The average Bonchev–Trinajstić information content (AvgIpc) is 3.36. The van der Waals surface area contributed by atoms with Crippen molar-refractivity contribution in [1.82, 2.24) is 19.8 Å². The number of nitrogens with one attached hydrogen (secondary N) is 1. The number of imidazole rings is 1. The van der Waals surface area contributed by atoms with E-state index in [9.17, 15) is 9.59 Å². The lowest BCUT2D eigenvalue weighted by Gasteiger charge is -2.31. The first-order chi connectivity index (χ1) is 14.9. The van der Waals surface area contributed by atoms with Crippen molar-refractivity contribution in [3.05, 3.63) is 77.6 Å². The molecule has 7 heteroatoms. The summed E-state index contributed by atoms with van der Waals surface area (Å²) in [6, 6.07) is 14.3. The van der Waals surface area contributed by atoms with Gasteiger partial charge in [0, 0.05) is 12.1 Å². The number of nitrogens with zero attached hydrogens (tertiary/aromatic N) is 3. The summed E-state index contributed by atoms with van der Waals surface area (Å²) in [4.78, 5) is 37.4. The number of H-pyrrole nitrogens is 1. The van der Waals surface area contributed by atoms with Gasteiger partial charge in [0.05, 0.1) is 17.6 Å². The summed E-state index contributed by atoms with van der Waals surface area (Å²) >= 11 is 0. The average molecular weight is 418 g/mol. The number of fused-ring (bicyclic) bond motifs is 1. The highest BCUT2D eigenvalue weighted by Gasteiger charge is 2.39. The second kappa shape index (κ2) is 8.45. The zero-order chi connectivity index (χ0) is 22.1. The van der Waals surface area contributed by atoms with Crippen molar-refractivity contribution in [3.63, 3.8) is 0 Å². The molecule has 160 valence electrons. The number of aromatic amines is 1. The largest absolute Gasteiger partial charge is 0.340 e. The first-order valence-corrected chi connectivity index (χ1v) is 10.3. The maximum Gasteiger partial charge on any atom is 0.245 e. The van der Waals surface area contributed by atoms with Gasteiger partial charge in [0.25, 0.3) is 0 Å². The number of aromatic nitrogens is 2. The fraction of sp³-hybridized carbons (Fsp3) is 0.292. The molecule has 1 aliphatic heterocycles. The number of benzene rings is 2. The highest BCUT2D eigenvalue weighted by Crippen LogP contribution is 2.37. The van der Waals surface area contributed by atoms with Gasteiger partial charge in [-0.05, 0) is 49.9 Å². The Labute approximate surface area is 181 Å². The quantitative estimate of drug-likeness (QED) is 0.475. The first kappa shape index (κ1) is 21.0. The van der Waals surface area contributed by atoms with Gasteiger partial charge in [-0.3, -0.25) is 14.5 Å². The minimum Gasteiger partial charge on any atom is -0.340 e. The standard InChI is InChI=1S/C24H27N5O2/c1-15-11-12-29(24(31)22(28(2)3)16-7-5-4-6-8-16)21(15)23-26-18-10-9-17(20(30)14-25)13-19(18)27-23/h4-10,13,21-22H,1,11-12,14,25H2,2-3H3,(H,26,27). The van der Waals surface area contributed by atoms with E-state index in [1.165, 1.54) is 0 Å². The Morgan fingerprint density at radius 2 is 2.00 bits per heavy atom. The number of likely N-dealkylation sites (tertiary alicyclic amines) is 1. The summed E-state index contributed by atoms with van der Waals surface area (Å²) in [5, 5.41) is 0. The number of nitrogens with two attached hydrogens (primary N) is 1. The van der Waals surface area contributed by atoms with Crippen LogP contribution in [0.1, 0.15) is 40.3 Å². The van der Waals surface area contributed by atoms with Gasteiger partial charge in [0.1, 0.15) is 17.9 Å². The normalized spacial score (nSPS) is 17.5. The molecule has 2 atom stereocenters. The van der Waals surface area contributed by atoms with E-state index in [0.717, 1.165) is 28.6 Å². The molecule has 0 spiro atoms. The van der Waals surface area contributed by atoms with Crippen molar-refractivity contribution in [3.8, 4) is 0 Å². The molecular formula is C24H27N5O2. The van der Waals surface area contributed by atoms with E-state index in [4.69, 9.17) is 10.7 Å². The van der Waals surface area contributed by atoms with Gasteiger partial charge in [-0.2, -0.15) is 0 Å². The van der Waals surface area contributed by atoms with E-state index in [1.807, 2.05) is 54.2 Å². The molecule has 0 saturated carbocycles. The first-order valence-electron chi connectivity index (χ1n) is 10.3. The summed E-state index contributed by atoms with van der Waals surface area (Å²) in [5.41, 5.74) is 9.40. The molecule has 0 bridgehead atoms. The predicted octanol–water partition coefficient (Wildman–Crippen LogP) is 2.84. The Morgan fingerprint density at radius 1 is 1.26 bits per heavy atom. The number of carbonyl (C=O) groups excluding carboxylic acids is 2. The van der Waals surface area contributed by atoms with Crippen LogP contribution < -0.4 is 5.73 Å². The van der Waals surface area contributed by atoms with E-state index < -0.39 is 6.04 Å². The van der Waals surface area contributed by atoms with Crippen molar-refractivity contribution in [2.75, 3.05) is 27.2 Å². The van der Waals surface area contributed by atoms with Crippen molar-refractivity contribution >= 4 is 22.7 Å². The molecule has 1 saturated heterocycles. The van der Waals surface area contributed by atoms with Crippen molar-refractivity contribution in [2.24, 2.45) is 5.73 Å². The number of rotatable bonds is 6. The molecule has 2 unspecified atom stereocenters. The third-order valence-corrected chi connectivity index (χ3v) is 5.79. The van der Waals surface area contributed by atoms with Gasteiger partial charge >= 0.3 is 0 Å². The second-order valence-electron chi connectivity index (χ2n) is 8.10. The number of carbonyl (C=O) groups is 2. The third kappa shape index (κ3) is 3.89. The van der Waals surface area contributed by atoms with Gasteiger partial charge in [-0.25, -0.2) is 4.98 Å². The van der Waals surface area contributed by atoms with E-state index in [-0.39, 0.29) is 24.3 Å². The molecule has 0 aliphatic carbocycles. The maximum absolute atomic E-state index is 13.7. The Hall–Kier alpha value is -3.29. The highest BCUT2D eigenvalue weighted by molar-refractivity contribution is 6.00. The highest BCUT2D eigenvalue weighted by atomic mass is 16.2. The van der Waals surface area contributed by atoms with E-state index in [1.54, 1.807) is 18.2 Å². The molecule has 0 radical (unpaired) electrons. The van der Waals surface area contributed by atoms with Crippen LogP contribution in [0.2, 0.25) is 0 Å². The maximum atomic E-state index is 13.7. The van der Waals surface area contributed by atoms with Crippen LogP contribution >= 0.6 is 0 Å². The fourth-order valence-electron chi connectivity index (χ4n) is 4.23. The van der Waals surface area contributed by atoms with Crippen LogP contribution in [0.3, 0.4) is 0 Å². The smallest absolute Gasteiger partial charge is 0.245 e. The lowest BCUT2D eigenvalue weighted by Crippen LogP contribution is -2.40.